The van der Waals surface area contributed by atoms with Crippen LogP contribution < -0.4 is 0 Å². The van der Waals surface area contributed by atoms with Crippen LogP contribution in [0.5, 0.6) is 0 Å². The first-order chi connectivity index (χ1) is 16.4. The van der Waals surface area contributed by atoms with Crippen LogP contribution in [0.3, 0.4) is 0 Å². The van der Waals surface area contributed by atoms with Crippen molar-refractivity contribution in [1.29, 1.82) is 0 Å². The van der Waals surface area contributed by atoms with Gasteiger partial charge in [-0.15, -0.1) is 0 Å². The van der Waals surface area contributed by atoms with Crippen molar-refractivity contribution in [3.05, 3.63) is 59.2 Å². The van der Waals surface area contributed by atoms with E-state index in [-0.39, 0.29) is 29.5 Å². The predicted molar refractivity (Wildman–Crippen MR) is 131 cm³/mol. The first kappa shape index (κ1) is 25.4. The van der Waals surface area contributed by atoms with Crippen LogP contribution in [-0.4, -0.2) is 40.6 Å². The molecule has 35 heavy (non-hydrogen) atoms. The zero-order chi connectivity index (χ0) is 25.7. The van der Waals surface area contributed by atoms with Crippen LogP contribution in [0.15, 0.2) is 53.6 Å². The van der Waals surface area contributed by atoms with E-state index in [4.69, 9.17) is 9.47 Å². The van der Waals surface area contributed by atoms with Crippen LogP contribution in [0.1, 0.15) is 64.7 Å². The molecule has 3 aliphatic carbocycles. The fourth-order valence-electron chi connectivity index (χ4n) is 6.33. The standard InChI is InChI=1S/C29H36O6/c1-16-12-13-21-22(28(21,5)6)14-17(2)26(32)29(35-27(33)20-10-8-7-9-11-20)15-18(3)25(34-19(4)30)23(29)24(16)31/h7-12,14,18,21-25,31H,13,15H2,1-6H3/b16-12?,17-14-/t18-,21-,22-,23+,24-,25-,29+/m0/s1. The van der Waals surface area contributed by atoms with Gasteiger partial charge in [0.05, 0.1) is 17.6 Å². The van der Waals surface area contributed by atoms with Gasteiger partial charge in [0.25, 0.3) is 0 Å². The molecule has 0 unspecified atom stereocenters. The Morgan fingerprint density at radius 2 is 1.77 bits per heavy atom. The molecule has 188 valence electrons. The van der Waals surface area contributed by atoms with E-state index in [1.54, 1.807) is 37.3 Å². The number of carbonyl (C=O) groups is 3. The maximum atomic E-state index is 14.2. The molecule has 1 aromatic carbocycles. The first-order valence-corrected chi connectivity index (χ1v) is 12.4. The van der Waals surface area contributed by atoms with E-state index < -0.39 is 35.7 Å². The normalized spacial score (nSPS) is 37.5. The average Bonchev–Trinajstić information content (AvgIpc) is 3.19. The number of esters is 2. The molecule has 0 radical (unpaired) electrons. The Kier molecular flexibility index (Phi) is 6.56. The Morgan fingerprint density at radius 1 is 1.11 bits per heavy atom. The number of fused-ring (bicyclic) bond motifs is 2. The van der Waals surface area contributed by atoms with Crippen molar-refractivity contribution in [2.75, 3.05) is 0 Å². The largest absolute Gasteiger partial charge is 0.462 e. The number of rotatable bonds is 3. The quantitative estimate of drug-likeness (QED) is 0.500. The highest BCUT2D eigenvalue weighted by Gasteiger charge is 2.64. The second-order valence-corrected chi connectivity index (χ2v) is 11.2. The van der Waals surface area contributed by atoms with Crippen LogP contribution >= 0.6 is 0 Å². The molecule has 1 aromatic rings. The third-order valence-corrected chi connectivity index (χ3v) is 8.48. The van der Waals surface area contributed by atoms with Gasteiger partial charge < -0.3 is 14.6 Å². The fraction of sp³-hybridized carbons (Fsp3) is 0.552. The SMILES string of the molecule is CC(=O)O[C@@H]1[C@H]2[C@@H](O)C(C)=CC[C@H]3[C@H](/C=C(/C)C(=O)[C@@]2(OC(=O)c2ccccc2)C[C@@H]1C)C3(C)C. The predicted octanol–water partition coefficient (Wildman–Crippen LogP) is 4.67. The third-order valence-electron chi connectivity index (χ3n) is 8.48. The van der Waals surface area contributed by atoms with Crippen LogP contribution in [0, 0.1) is 29.1 Å². The molecule has 0 amide bonds. The van der Waals surface area contributed by atoms with E-state index in [0.29, 0.717) is 22.6 Å². The highest BCUT2D eigenvalue weighted by Crippen LogP contribution is 2.62. The number of hydrogen-bond acceptors (Lipinski definition) is 6. The van der Waals surface area contributed by atoms with Crippen LogP contribution in [0.25, 0.3) is 0 Å². The lowest BCUT2D eigenvalue weighted by molar-refractivity contribution is -0.160. The first-order valence-electron chi connectivity index (χ1n) is 12.4. The summed E-state index contributed by atoms with van der Waals surface area (Å²) >= 11 is 0. The smallest absolute Gasteiger partial charge is 0.339 e. The van der Waals surface area contributed by atoms with Crippen molar-refractivity contribution in [2.24, 2.45) is 29.1 Å². The monoisotopic (exact) mass is 480 g/mol. The molecule has 3 aliphatic rings. The van der Waals surface area contributed by atoms with Gasteiger partial charge in [0.15, 0.2) is 5.60 Å². The Morgan fingerprint density at radius 3 is 2.40 bits per heavy atom. The van der Waals surface area contributed by atoms with Gasteiger partial charge >= 0.3 is 11.9 Å². The van der Waals surface area contributed by atoms with E-state index in [9.17, 15) is 19.5 Å². The van der Waals surface area contributed by atoms with Crippen molar-refractivity contribution in [2.45, 2.75) is 72.2 Å². The number of aliphatic hydroxyl groups is 1. The molecule has 6 heteroatoms. The second-order valence-electron chi connectivity index (χ2n) is 11.2. The molecule has 0 saturated heterocycles. The molecule has 0 spiro atoms. The molecule has 2 saturated carbocycles. The van der Waals surface area contributed by atoms with Gasteiger partial charge in [0.2, 0.25) is 5.78 Å². The van der Waals surface area contributed by atoms with Gasteiger partial charge in [-0.3, -0.25) is 9.59 Å². The molecule has 4 rings (SSSR count). The van der Waals surface area contributed by atoms with E-state index >= 15 is 0 Å². The second kappa shape index (κ2) is 9.05. The summed E-state index contributed by atoms with van der Waals surface area (Å²) in [5, 5.41) is 11.6. The summed E-state index contributed by atoms with van der Waals surface area (Å²) in [5.41, 5.74) is -0.105. The molecule has 1 N–H and O–H groups in total. The van der Waals surface area contributed by atoms with Crippen molar-refractivity contribution >= 4 is 17.7 Å². The summed E-state index contributed by atoms with van der Waals surface area (Å²) in [4.78, 5) is 39.6. The van der Waals surface area contributed by atoms with Gasteiger partial charge in [-0.05, 0) is 66.7 Å². The number of allylic oxidation sites excluding steroid dienone is 2. The third kappa shape index (κ3) is 4.37. The van der Waals surface area contributed by atoms with Crippen LogP contribution in [0.2, 0.25) is 0 Å². The number of carbonyl (C=O) groups excluding carboxylic acids is 3. The number of hydrogen-bond donors (Lipinski definition) is 1. The summed E-state index contributed by atoms with van der Waals surface area (Å²) in [6.45, 7) is 11.1. The van der Waals surface area contributed by atoms with E-state index in [1.807, 2.05) is 26.0 Å². The zero-order valence-corrected chi connectivity index (χ0v) is 21.4. The number of benzene rings is 1. The van der Waals surface area contributed by atoms with Crippen LogP contribution in [-0.2, 0) is 19.1 Å². The van der Waals surface area contributed by atoms with Crippen molar-refractivity contribution in [3.63, 3.8) is 0 Å². The number of Topliss-reactive ketones (excluding diaryl/α,β-unsaturated/α-hetero) is 1. The van der Waals surface area contributed by atoms with Gasteiger partial charge in [0.1, 0.15) is 6.10 Å². The topological polar surface area (TPSA) is 89.9 Å². The van der Waals surface area contributed by atoms with E-state index in [1.165, 1.54) is 6.92 Å². The minimum atomic E-state index is -1.67. The van der Waals surface area contributed by atoms with E-state index in [0.717, 1.165) is 6.42 Å². The molecule has 7 atom stereocenters. The minimum Gasteiger partial charge on any atom is -0.462 e. The lowest BCUT2D eigenvalue weighted by atomic mass is 9.77. The highest BCUT2D eigenvalue weighted by molar-refractivity contribution is 6.04. The molecule has 0 bridgehead atoms. The average molecular weight is 481 g/mol. The number of aliphatic hydroxyl groups excluding tert-OH is 1. The Balaban J connectivity index is 1.87. The summed E-state index contributed by atoms with van der Waals surface area (Å²) < 4.78 is 11.8. The molecular formula is C29H36O6. The highest BCUT2D eigenvalue weighted by atomic mass is 16.6. The van der Waals surface area contributed by atoms with Gasteiger partial charge in [-0.2, -0.15) is 0 Å². The Bertz CT molecular complexity index is 1080. The lowest BCUT2D eigenvalue weighted by Gasteiger charge is -2.38. The maximum absolute atomic E-state index is 14.2. The van der Waals surface area contributed by atoms with Gasteiger partial charge in [0, 0.05) is 13.3 Å². The minimum absolute atomic E-state index is 0.0407. The number of ketones is 1. The van der Waals surface area contributed by atoms with Crippen molar-refractivity contribution < 1.29 is 29.0 Å². The van der Waals surface area contributed by atoms with Gasteiger partial charge in [-0.25, -0.2) is 4.79 Å². The summed E-state index contributed by atoms with van der Waals surface area (Å²) in [5.74, 6) is -2.13. The Hall–Kier alpha value is -2.73. The summed E-state index contributed by atoms with van der Waals surface area (Å²) in [7, 11) is 0. The van der Waals surface area contributed by atoms with E-state index in [2.05, 4.69) is 13.8 Å². The number of ether oxygens (including phenoxy) is 2. The van der Waals surface area contributed by atoms with Crippen LogP contribution in [0.4, 0.5) is 0 Å². The lowest BCUT2D eigenvalue weighted by Crippen LogP contribution is -2.54. The fourth-order valence-corrected chi connectivity index (χ4v) is 6.33. The molecule has 6 nitrogen and oxygen atoms in total. The summed E-state index contributed by atoms with van der Waals surface area (Å²) in [6, 6.07) is 8.52. The molecular weight excluding hydrogens is 444 g/mol. The molecule has 2 fully saturated rings. The summed E-state index contributed by atoms with van der Waals surface area (Å²) in [6.07, 6.45) is 3.05. The van der Waals surface area contributed by atoms with Crippen molar-refractivity contribution in [3.8, 4) is 0 Å². The van der Waals surface area contributed by atoms with Crippen molar-refractivity contribution in [1.82, 2.24) is 0 Å². The molecule has 0 aliphatic heterocycles. The Labute approximate surface area is 207 Å². The molecule has 0 heterocycles. The van der Waals surface area contributed by atoms with Gasteiger partial charge in [-0.1, -0.05) is 51.1 Å². The maximum Gasteiger partial charge on any atom is 0.339 e. The molecule has 0 aromatic heterocycles. The zero-order valence-electron chi connectivity index (χ0n) is 21.4.